The first kappa shape index (κ1) is 28.4. The molecule has 1 aromatic rings. The maximum absolute atomic E-state index is 5.73. The minimum atomic E-state index is 0.517. The molecular weight excluding hydrogens is 408 g/mol. The third-order valence-electron chi connectivity index (χ3n) is 4.82. The lowest BCUT2D eigenvalue weighted by molar-refractivity contribution is -0.00833. The number of unbranched alkanes of at least 4 members (excludes halogenated alkanes) is 5. The van der Waals surface area contributed by atoms with Gasteiger partial charge in [-0.3, -0.25) is 0 Å². The number of hydrogen-bond acceptors (Lipinski definition) is 6. The van der Waals surface area contributed by atoms with E-state index < -0.39 is 0 Å². The monoisotopic (exact) mass is 452 g/mol. The standard InChI is InChI=1S/C26H44O6/c1-3-5-6-7-8-9-10-25-11-13-26(14-12-25)32-24-23-31-22-21-30-20-19-29-18-17-28-16-15-27-4-2/h4,11-14H,2-3,5-10,15-24H2,1H3. The fraction of sp³-hybridized carbons (Fsp3) is 0.692. The minimum absolute atomic E-state index is 0.517. The third kappa shape index (κ3) is 18.0. The van der Waals surface area contributed by atoms with Crippen LogP contribution in [-0.2, 0) is 30.1 Å². The van der Waals surface area contributed by atoms with Crippen LogP contribution >= 0.6 is 0 Å². The van der Waals surface area contributed by atoms with E-state index in [2.05, 4.69) is 37.8 Å². The van der Waals surface area contributed by atoms with E-state index in [0.717, 1.165) is 12.2 Å². The summed E-state index contributed by atoms with van der Waals surface area (Å²) in [6.07, 6.45) is 10.6. The molecule has 6 nitrogen and oxygen atoms in total. The number of benzene rings is 1. The van der Waals surface area contributed by atoms with Gasteiger partial charge in [0.2, 0.25) is 0 Å². The van der Waals surface area contributed by atoms with E-state index in [-0.39, 0.29) is 0 Å². The Kier molecular flexibility index (Phi) is 20.1. The summed E-state index contributed by atoms with van der Waals surface area (Å²) in [5, 5.41) is 0. The lowest BCUT2D eigenvalue weighted by Crippen LogP contribution is -2.14. The number of ether oxygens (including phenoxy) is 6. The lowest BCUT2D eigenvalue weighted by atomic mass is 10.0. The van der Waals surface area contributed by atoms with Crippen molar-refractivity contribution in [3.05, 3.63) is 42.7 Å². The first-order chi connectivity index (χ1) is 15.9. The van der Waals surface area contributed by atoms with E-state index in [1.165, 1.54) is 50.4 Å². The molecule has 0 amide bonds. The Balaban J connectivity index is 1.84. The molecule has 6 heteroatoms. The Morgan fingerprint density at radius 3 is 1.69 bits per heavy atom. The predicted molar refractivity (Wildman–Crippen MR) is 128 cm³/mol. The Bertz CT molecular complexity index is 520. The molecule has 0 atom stereocenters. The minimum Gasteiger partial charge on any atom is -0.499 e. The van der Waals surface area contributed by atoms with Gasteiger partial charge < -0.3 is 28.4 Å². The normalized spacial score (nSPS) is 10.9. The highest BCUT2D eigenvalue weighted by molar-refractivity contribution is 5.27. The molecule has 0 N–H and O–H groups in total. The van der Waals surface area contributed by atoms with Crippen LogP contribution in [0.15, 0.2) is 37.1 Å². The zero-order chi connectivity index (χ0) is 23.0. The van der Waals surface area contributed by atoms with Gasteiger partial charge in [0, 0.05) is 0 Å². The third-order valence-corrected chi connectivity index (χ3v) is 4.82. The van der Waals surface area contributed by atoms with E-state index in [9.17, 15) is 0 Å². The van der Waals surface area contributed by atoms with Crippen molar-refractivity contribution in [3.63, 3.8) is 0 Å². The molecule has 0 aliphatic carbocycles. The van der Waals surface area contributed by atoms with E-state index >= 15 is 0 Å². The fourth-order valence-electron chi connectivity index (χ4n) is 3.03. The second kappa shape index (κ2) is 22.6. The zero-order valence-electron chi connectivity index (χ0n) is 20.1. The molecule has 32 heavy (non-hydrogen) atoms. The van der Waals surface area contributed by atoms with Crippen LogP contribution in [0.2, 0.25) is 0 Å². The molecular formula is C26H44O6. The average Bonchev–Trinajstić information content (AvgIpc) is 2.82. The maximum atomic E-state index is 5.73. The summed E-state index contributed by atoms with van der Waals surface area (Å²) in [6, 6.07) is 8.44. The summed E-state index contributed by atoms with van der Waals surface area (Å²) in [7, 11) is 0. The highest BCUT2D eigenvalue weighted by atomic mass is 16.6. The Hall–Kier alpha value is -1.60. The SMILES string of the molecule is C=COCCOCCOCCOCCOCCOc1ccc(CCCCCCCC)cc1. The van der Waals surface area contributed by atoms with Crippen molar-refractivity contribution < 1.29 is 28.4 Å². The lowest BCUT2D eigenvalue weighted by Gasteiger charge is -2.09. The summed E-state index contributed by atoms with van der Waals surface area (Å²) in [5.74, 6) is 0.894. The van der Waals surface area contributed by atoms with Crippen LogP contribution in [0.3, 0.4) is 0 Å². The summed E-state index contributed by atoms with van der Waals surface area (Å²) >= 11 is 0. The van der Waals surface area contributed by atoms with Crippen molar-refractivity contribution in [1.82, 2.24) is 0 Å². The van der Waals surface area contributed by atoms with Crippen LogP contribution < -0.4 is 4.74 Å². The molecule has 184 valence electrons. The van der Waals surface area contributed by atoms with Crippen LogP contribution in [0.5, 0.6) is 5.75 Å². The van der Waals surface area contributed by atoms with Gasteiger partial charge in [0.1, 0.15) is 19.0 Å². The van der Waals surface area contributed by atoms with Crippen LogP contribution in [0.25, 0.3) is 0 Å². The van der Waals surface area contributed by atoms with Gasteiger partial charge in [0.05, 0.1) is 59.1 Å². The second-order valence-corrected chi connectivity index (χ2v) is 7.50. The summed E-state index contributed by atoms with van der Waals surface area (Å²) in [6.45, 7) is 11.1. The Morgan fingerprint density at radius 1 is 0.625 bits per heavy atom. The molecule has 0 saturated heterocycles. The average molecular weight is 453 g/mol. The van der Waals surface area contributed by atoms with Gasteiger partial charge in [0.25, 0.3) is 0 Å². The fourth-order valence-corrected chi connectivity index (χ4v) is 3.03. The quantitative estimate of drug-likeness (QED) is 0.159. The van der Waals surface area contributed by atoms with Gasteiger partial charge in [-0.25, -0.2) is 0 Å². The van der Waals surface area contributed by atoms with Gasteiger partial charge in [-0.05, 0) is 30.5 Å². The molecule has 1 rings (SSSR count). The predicted octanol–water partition coefficient (Wildman–Crippen LogP) is 5.19. The molecule has 0 aromatic heterocycles. The molecule has 0 aliphatic rings. The highest BCUT2D eigenvalue weighted by Crippen LogP contribution is 2.15. The molecule has 0 unspecified atom stereocenters. The van der Waals surface area contributed by atoms with Crippen molar-refractivity contribution >= 4 is 0 Å². The van der Waals surface area contributed by atoms with Gasteiger partial charge in [0.15, 0.2) is 0 Å². The number of aryl methyl sites for hydroxylation is 1. The molecule has 0 bridgehead atoms. The van der Waals surface area contributed by atoms with Crippen LogP contribution in [0, 0.1) is 0 Å². The Morgan fingerprint density at radius 2 is 1.12 bits per heavy atom. The summed E-state index contributed by atoms with van der Waals surface area (Å²) < 4.78 is 32.4. The molecule has 0 fully saturated rings. The smallest absolute Gasteiger partial charge is 0.119 e. The van der Waals surface area contributed by atoms with Crippen molar-refractivity contribution in [3.8, 4) is 5.75 Å². The second-order valence-electron chi connectivity index (χ2n) is 7.50. The highest BCUT2D eigenvalue weighted by Gasteiger charge is 1.98. The first-order valence-electron chi connectivity index (χ1n) is 12.1. The Labute approximate surface area is 195 Å². The molecule has 0 heterocycles. The van der Waals surface area contributed by atoms with Crippen LogP contribution in [0.1, 0.15) is 51.0 Å². The number of hydrogen-bond donors (Lipinski definition) is 0. The van der Waals surface area contributed by atoms with E-state index in [0.29, 0.717) is 66.1 Å². The van der Waals surface area contributed by atoms with E-state index in [1.807, 2.05) is 0 Å². The molecule has 0 spiro atoms. The van der Waals surface area contributed by atoms with Crippen molar-refractivity contribution in [2.24, 2.45) is 0 Å². The first-order valence-corrected chi connectivity index (χ1v) is 12.1. The van der Waals surface area contributed by atoms with Gasteiger partial charge in [-0.2, -0.15) is 0 Å². The van der Waals surface area contributed by atoms with Crippen molar-refractivity contribution in [2.75, 3.05) is 66.1 Å². The molecule has 0 saturated carbocycles. The topological polar surface area (TPSA) is 55.4 Å². The van der Waals surface area contributed by atoms with E-state index in [1.54, 1.807) is 0 Å². The summed E-state index contributed by atoms with van der Waals surface area (Å²) in [5.41, 5.74) is 1.39. The van der Waals surface area contributed by atoms with Gasteiger partial charge >= 0.3 is 0 Å². The van der Waals surface area contributed by atoms with Crippen LogP contribution in [-0.4, -0.2) is 66.1 Å². The van der Waals surface area contributed by atoms with Gasteiger partial charge in [-0.15, -0.1) is 0 Å². The van der Waals surface area contributed by atoms with Crippen LogP contribution in [0.4, 0.5) is 0 Å². The van der Waals surface area contributed by atoms with Crippen molar-refractivity contribution in [1.29, 1.82) is 0 Å². The molecule has 0 radical (unpaired) electrons. The number of rotatable bonds is 24. The molecule has 0 aliphatic heterocycles. The zero-order valence-corrected chi connectivity index (χ0v) is 20.1. The van der Waals surface area contributed by atoms with E-state index in [4.69, 9.17) is 28.4 Å². The molecule has 1 aromatic carbocycles. The largest absolute Gasteiger partial charge is 0.499 e. The summed E-state index contributed by atoms with van der Waals surface area (Å²) in [4.78, 5) is 0. The maximum Gasteiger partial charge on any atom is 0.119 e. The van der Waals surface area contributed by atoms with Crippen molar-refractivity contribution in [2.45, 2.75) is 51.9 Å². The van der Waals surface area contributed by atoms with Gasteiger partial charge in [-0.1, -0.05) is 57.7 Å².